The zero-order valence-corrected chi connectivity index (χ0v) is 16.0. The number of aryl methyl sites for hydroxylation is 2. The molecule has 0 aliphatic heterocycles. The number of rotatable bonds is 7. The fraction of sp³-hybridized carbons (Fsp3) is 0.211. The summed E-state index contributed by atoms with van der Waals surface area (Å²) in [6, 6.07) is 12.2. The number of ether oxygens (including phenoxy) is 2. The fourth-order valence-electron chi connectivity index (χ4n) is 2.61. The van der Waals surface area contributed by atoms with Gasteiger partial charge in [-0.3, -0.25) is 0 Å². The lowest BCUT2D eigenvalue weighted by atomic mass is 10.1. The maximum atomic E-state index is 12.5. The lowest BCUT2D eigenvalue weighted by Gasteiger charge is -2.11. The zero-order valence-electron chi connectivity index (χ0n) is 15.2. The van der Waals surface area contributed by atoms with Crippen molar-refractivity contribution in [2.45, 2.75) is 27.1 Å². The Morgan fingerprint density at radius 3 is 2.61 bits per heavy atom. The second kappa shape index (κ2) is 8.75. The van der Waals surface area contributed by atoms with Crippen LogP contribution in [0, 0.1) is 18.6 Å². The van der Waals surface area contributed by atoms with Crippen LogP contribution in [0.2, 0.25) is 0 Å². The number of nitrogens with zero attached hydrogens (tertiary/aromatic N) is 3. The van der Waals surface area contributed by atoms with Crippen molar-refractivity contribution in [1.29, 1.82) is 0 Å². The third kappa shape index (κ3) is 4.61. The molecule has 1 N–H and O–H groups in total. The molecule has 0 unspecified atom stereocenters. The van der Waals surface area contributed by atoms with Gasteiger partial charge in [-0.25, -0.2) is 5.10 Å². The minimum absolute atomic E-state index is 0.0181. The van der Waals surface area contributed by atoms with Gasteiger partial charge in [0, 0.05) is 5.56 Å². The van der Waals surface area contributed by atoms with E-state index in [1.54, 1.807) is 18.2 Å². The van der Waals surface area contributed by atoms with E-state index in [1.807, 2.05) is 32.0 Å². The summed E-state index contributed by atoms with van der Waals surface area (Å²) in [6.07, 6.45) is 1.38. The van der Waals surface area contributed by atoms with Gasteiger partial charge in [-0.2, -0.15) is 23.7 Å². The van der Waals surface area contributed by atoms with Crippen LogP contribution in [0.3, 0.4) is 0 Å². The van der Waals surface area contributed by atoms with Crippen LogP contribution in [0.25, 0.3) is 0 Å². The van der Waals surface area contributed by atoms with E-state index in [0.29, 0.717) is 11.4 Å². The van der Waals surface area contributed by atoms with E-state index in [-0.39, 0.29) is 17.1 Å². The van der Waals surface area contributed by atoms with Crippen molar-refractivity contribution in [3.8, 4) is 11.5 Å². The molecule has 0 saturated carbocycles. The molecule has 0 aliphatic rings. The van der Waals surface area contributed by atoms with Gasteiger partial charge >= 0.3 is 6.61 Å². The Morgan fingerprint density at radius 2 is 1.89 bits per heavy atom. The van der Waals surface area contributed by atoms with E-state index in [2.05, 4.69) is 20.0 Å². The van der Waals surface area contributed by atoms with Crippen LogP contribution in [0.1, 0.15) is 22.5 Å². The lowest BCUT2D eigenvalue weighted by molar-refractivity contribution is -0.0499. The van der Waals surface area contributed by atoms with Crippen LogP contribution >= 0.6 is 12.2 Å². The molecule has 0 aliphatic carbocycles. The Labute approximate surface area is 165 Å². The monoisotopic (exact) mass is 404 g/mol. The standard InChI is InChI=1S/C19H18F2N4O2S/c1-12-6-5-7-13(2)17(12)26-11-16-23-24-19(28)25(16)22-10-14-8-3-4-9-15(14)27-18(20)21/h3-10,18H,11H2,1-2H3,(H,24,28)/b22-10-. The fourth-order valence-corrected chi connectivity index (χ4v) is 2.81. The molecule has 0 radical (unpaired) electrons. The highest BCUT2D eigenvalue weighted by molar-refractivity contribution is 7.71. The van der Waals surface area contributed by atoms with Gasteiger partial charge in [0.2, 0.25) is 4.77 Å². The molecule has 28 heavy (non-hydrogen) atoms. The smallest absolute Gasteiger partial charge is 0.387 e. The number of nitrogens with one attached hydrogen (secondary N) is 1. The second-order valence-corrected chi connectivity index (χ2v) is 6.31. The number of para-hydroxylation sites is 2. The highest BCUT2D eigenvalue weighted by Gasteiger charge is 2.10. The Morgan fingerprint density at radius 1 is 1.18 bits per heavy atom. The van der Waals surface area contributed by atoms with Crippen LogP contribution in [-0.4, -0.2) is 27.7 Å². The molecule has 1 heterocycles. The summed E-state index contributed by atoms with van der Waals surface area (Å²) >= 11 is 5.20. The first-order valence-electron chi connectivity index (χ1n) is 8.39. The Bertz CT molecular complexity index is 1030. The molecule has 1 aromatic heterocycles. The predicted molar refractivity (Wildman–Crippen MR) is 104 cm³/mol. The number of alkyl halides is 2. The van der Waals surface area contributed by atoms with Crippen LogP contribution < -0.4 is 9.47 Å². The summed E-state index contributed by atoms with van der Waals surface area (Å²) in [6.45, 7) is 1.12. The molecule has 0 saturated heterocycles. The van der Waals surface area contributed by atoms with Crippen LogP contribution in [0.15, 0.2) is 47.6 Å². The number of aromatic nitrogens is 3. The number of halogens is 2. The summed E-state index contributed by atoms with van der Waals surface area (Å²) in [4.78, 5) is 0. The zero-order chi connectivity index (χ0) is 20.1. The SMILES string of the molecule is Cc1cccc(C)c1OCc1n[nH]c(=S)n1/N=C\c1ccccc1OC(F)F. The van der Waals surface area contributed by atoms with Crippen LogP contribution in [-0.2, 0) is 6.61 Å². The van der Waals surface area contributed by atoms with Crippen molar-refractivity contribution in [2.24, 2.45) is 5.10 Å². The molecule has 6 nitrogen and oxygen atoms in total. The molecule has 0 spiro atoms. The minimum Gasteiger partial charge on any atom is -0.485 e. The third-order valence-electron chi connectivity index (χ3n) is 3.92. The molecule has 3 rings (SSSR count). The van der Waals surface area contributed by atoms with Gasteiger partial charge in [0.1, 0.15) is 18.1 Å². The van der Waals surface area contributed by atoms with Crippen molar-refractivity contribution in [1.82, 2.24) is 14.9 Å². The van der Waals surface area contributed by atoms with Crippen LogP contribution in [0.4, 0.5) is 8.78 Å². The van der Waals surface area contributed by atoms with Gasteiger partial charge in [-0.1, -0.05) is 30.3 Å². The number of hydrogen-bond donors (Lipinski definition) is 1. The molecule has 3 aromatic rings. The van der Waals surface area contributed by atoms with Gasteiger partial charge in [0.05, 0.1) is 6.21 Å². The first kappa shape index (κ1) is 19.7. The molecule has 2 aromatic carbocycles. The summed E-state index contributed by atoms with van der Waals surface area (Å²) in [5, 5.41) is 11.0. The van der Waals surface area contributed by atoms with E-state index < -0.39 is 6.61 Å². The normalized spacial score (nSPS) is 11.3. The highest BCUT2D eigenvalue weighted by atomic mass is 32.1. The predicted octanol–water partition coefficient (Wildman–Crippen LogP) is 4.62. The van der Waals surface area contributed by atoms with E-state index in [1.165, 1.54) is 17.0 Å². The van der Waals surface area contributed by atoms with Gasteiger partial charge in [0.15, 0.2) is 5.82 Å². The summed E-state index contributed by atoms with van der Waals surface area (Å²) in [7, 11) is 0. The molecule has 0 amide bonds. The van der Waals surface area contributed by atoms with Gasteiger partial charge in [0.25, 0.3) is 0 Å². The number of H-pyrrole nitrogens is 1. The topological polar surface area (TPSA) is 64.4 Å². The van der Waals surface area contributed by atoms with Gasteiger partial charge < -0.3 is 9.47 Å². The first-order chi connectivity index (χ1) is 13.5. The lowest BCUT2D eigenvalue weighted by Crippen LogP contribution is -2.06. The number of hydrogen-bond acceptors (Lipinski definition) is 5. The summed E-state index contributed by atoms with van der Waals surface area (Å²) in [5.74, 6) is 1.23. The van der Waals surface area contributed by atoms with Crippen molar-refractivity contribution < 1.29 is 18.3 Å². The molecule has 0 atom stereocenters. The number of aromatic amines is 1. The quantitative estimate of drug-likeness (QED) is 0.461. The largest absolute Gasteiger partial charge is 0.485 e. The van der Waals surface area contributed by atoms with Crippen molar-refractivity contribution in [3.63, 3.8) is 0 Å². The Balaban J connectivity index is 1.82. The molecule has 0 fully saturated rings. The second-order valence-electron chi connectivity index (χ2n) is 5.93. The van der Waals surface area contributed by atoms with Crippen molar-refractivity contribution in [3.05, 3.63) is 69.8 Å². The summed E-state index contributed by atoms with van der Waals surface area (Å²) in [5.41, 5.74) is 2.39. The van der Waals surface area contributed by atoms with E-state index in [9.17, 15) is 8.78 Å². The molecular formula is C19H18F2N4O2S. The number of benzene rings is 2. The Hall–Kier alpha value is -3.07. The van der Waals surface area contributed by atoms with Crippen molar-refractivity contribution in [2.75, 3.05) is 0 Å². The Kier molecular flexibility index (Phi) is 6.15. The van der Waals surface area contributed by atoms with E-state index in [4.69, 9.17) is 17.0 Å². The maximum absolute atomic E-state index is 12.5. The van der Waals surface area contributed by atoms with Gasteiger partial charge in [-0.05, 0) is 49.3 Å². The molecule has 146 valence electrons. The van der Waals surface area contributed by atoms with Crippen LogP contribution in [0.5, 0.6) is 11.5 Å². The first-order valence-corrected chi connectivity index (χ1v) is 8.80. The molecular weight excluding hydrogens is 386 g/mol. The summed E-state index contributed by atoms with van der Waals surface area (Å²) < 4.78 is 37.1. The van der Waals surface area contributed by atoms with E-state index >= 15 is 0 Å². The third-order valence-corrected chi connectivity index (χ3v) is 4.18. The maximum Gasteiger partial charge on any atom is 0.387 e. The highest BCUT2D eigenvalue weighted by Crippen LogP contribution is 2.23. The van der Waals surface area contributed by atoms with Crippen molar-refractivity contribution >= 4 is 18.4 Å². The molecule has 0 bridgehead atoms. The average molecular weight is 404 g/mol. The molecule has 9 heteroatoms. The average Bonchev–Trinajstić information content (AvgIpc) is 3.00. The van der Waals surface area contributed by atoms with E-state index in [0.717, 1.165) is 16.9 Å². The minimum atomic E-state index is -2.92. The van der Waals surface area contributed by atoms with Gasteiger partial charge in [-0.15, -0.1) is 0 Å².